The summed E-state index contributed by atoms with van der Waals surface area (Å²) in [5.41, 5.74) is 2.98. The van der Waals surface area contributed by atoms with Crippen molar-refractivity contribution < 1.29 is 4.73 Å². The fraction of sp³-hybridized carbons (Fsp3) is 0.200. The molecule has 19 heavy (non-hydrogen) atoms. The van der Waals surface area contributed by atoms with Crippen molar-refractivity contribution in [3.05, 3.63) is 57.3 Å². The highest BCUT2D eigenvalue weighted by atomic mass is 16.5. The molecule has 3 aromatic rings. The van der Waals surface area contributed by atoms with Crippen LogP contribution in [0.4, 0.5) is 0 Å². The van der Waals surface area contributed by atoms with E-state index in [0.717, 1.165) is 51.2 Å². The van der Waals surface area contributed by atoms with Crippen molar-refractivity contribution in [1.29, 1.82) is 0 Å². The first-order valence-corrected chi connectivity index (χ1v) is 6.43. The third-order valence-electron chi connectivity index (χ3n) is 3.99. The summed E-state index contributed by atoms with van der Waals surface area (Å²) in [5, 5.41) is 14.2. The van der Waals surface area contributed by atoms with Crippen LogP contribution >= 0.6 is 0 Å². The number of rotatable bonds is 0. The molecular formula is C15H12N2O2. The minimum Gasteiger partial charge on any atom is -0.619 e. The molecule has 0 saturated heterocycles. The number of aryl methyl sites for hydroxylation is 1. The van der Waals surface area contributed by atoms with E-state index < -0.39 is 0 Å². The van der Waals surface area contributed by atoms with Gasteiger partial charge in [0.2, 0.25) is 0 Å². The first-order valence-electron chi connectivity index (χ1n) is 6.43. The lowest BCUT2D eigenvalue weighted by Gasteiger charge is -2.08. The van der Waals surface area contributed by atoms with Crippen LogP contribution in [0.3, 0.4) is 0 Å². The van der Waals surface area contributed by atoms with Crippen molar-refractivity contribution >= 4 is 21.7 Å². The van der Waals surface area contributed by atoms with E-state index in [2.05, 4.69) is 4.98 Å². The lowest BCUT2D eigenvalue weighted by molar-refractivity contribution is -0.603. The van der Waals surface area contributed by atoms with E-state index in [0.29, 0.717) is 0 Å². The maximum absolute atomic E-state index is 12.1. The normalized spacial score (nSPS) is 14.1. The number of fused-ring (bicyclic) bond motifs is 5. The summed E-state index contributed by atoms with van der Waals surface area (Å²) < 4.78 is 0.777. The van der Waals surface area contributed by atoms with Crippen molar-refractivity contribution in [3.63, 3.8) is 0 Å². The van der Waals surface area contributed by atoms with Gasteiger partial charge in [-0.15, -0.1) is 0 Å². The number of H-pyrrole nitrogens is 1. The van der Waals surface area contributed by atoms with Gasteiger partial charge < -0.3 is 10.2 Å². The molecule has 4 rings (SSSR count). The summed E-state index contributed by atoms with van der Waals surface area (Å²) >= 11 is 0. The van der Waals surface area contributed by atoms with Gasteiger partial charge in [-0.2, -0.15) is 4.73 Å². The van der Waals surface area contributed by atoms with Gasteiger partial charge in [-0.1, -0.05) is 6.07 Å². The second-order valence-electron chi connectivity index (χ2n) is 5.06. The van der Waals surface area contributed by atoms with Gasteiger partial charge in [0.15, 0.2) is 12.4 Å². The monoisotopic (exact) mass is 252 g/mol. The van der Waals surface area contributed by atoms with Crippen LogP contribution in [-0.4, -0.2) is 4.98 Å². The molecule has 94 valence electrons. The molecule has 0 bridgehead atoms. The van der Waals surface area contributed by atoms with Gasteiger partial charge in [-0.25, -0.2) is 0 Å². The van der Waals surface area contributed by atoms with Gasteiger partial charge in [0.05, 0.1) is 5.52 Å². The SMILES string of the molecule is O=c1[nH]c2c(ccc3c[n+]([O-])ccc32)c2c1CCC2. The number of aromatic nitrogens is 2. The van der Waals surface area contributed by atoms with Crippen LogP contribution in [0.5, 0.6) is 0 Å². The van der Waals surface area contributed by atoms with E-state index in [1.54, 1.807) is 6.07 Å². The van der Waals surface area contributed by atoms with Crippen molar-refractivity contribution in [2.75, 3.05) is 0 Å². The molecule has 0 saturated carbocycles. The molecule has 4 heteroatoms. The lowest BCUT2D eigenvalue weighted by atomic mass is 10.0. The fourth-order valence-corrected chi connectivity index (χ4v) is 3.12. The number of aromatic amines is 1. The summed E-state index contributed by atoms with van der Waals surface area (Å²) in [7, 11) is 0. The van der Waals surface area contributed by atoms with Gasteiger partial charge >= 0.3 is 0 Å². The van der Waals surface area contributed by atoms with Crippen LogP contribution in [0.15, 0.2) is 35.4 Å². The van der Waals surface area contributed by atoms with E-state index in [4.69, 9.17) is 0 Å². The number of hydrogen-bond acceptors (Lipinski definition) is 2. The molecule has 0 spiro atoms. The van der Waals surface area contributed by atoms with E-state index in [-0.39, 0.29) is 5.56 Å². The summed E-state index contributed by atoms with van der Waals surface area (Å²) in [6.45, 7) is 0. The Labute approximate surface area is 108 Å². The summed E-state index contributed by atoms with van der Waals surface area (Å²) in [6.07, 6.45) is 5.88. The van der Waals surface area contributed by atoms with Gasteiger partial charge in [-0.05, 0) is 30.9 Å². The first kappa shape index (κ1) is 10.6. The Kier molecular flexibility index (Phi) is 1.98. The molecule has 0 atom stereocenters. The highest BCUT2D eigenvalue weighted by Gasteiger charge is 2.18. The van der Waals surface area contributed by atoms with Crippen molar-refractivity contribution in [2.45, 2.75) is 19.3 Å². The van der Waals surface area contributed by atoms with E-state index in [9.17, 15) is 10.0 Å². The fourth-order valence-electron chi connectivity index (χ4n) is 3.12. The van der Waals surface area contributed by atoms with Gasteiger partial charge in [0.25, 0.3) is 5.56 Å². The van der Waals surface area contributed by atoms with E-state index in [1.807, 2.05) is 12.1 Å². The Morgan fingerprint density at radius 3 is 2.84 bits per heavy atom. The molecule has 2 aromatic heterocycles. The summed E-state index contributed by atoms with van der Waals surface area (Å²) in [4.78, 5) is 15.1. The van der Waals surface area contributed by atoms with Crippen LogP contribution in [-0.2, 0) is 12.8 Å². The predicted octanol–water partition coefficient (Wildman–Crippen LogP) is 1.80. The molecule has 4 nitrogen and oxygen atoms in total. The Bertz CT molecular complexity index is 881. The minimum atomic E-state index is 0.0198. The smallest absolute Gasteiger partial charge is 0.251 e. The molecule has 0 fully saturated rings. The van der Waals surface area contributed by atoms with Crippen LogP contribution < -0.4 is 10.3 Å². The van der Waals surface area contributed by atoms with E-state index in [1.165, 1.54) is 18.0 Å². The Hall–Kier alpha value is -2.36. The van der Waals surface area contributed by atoms with Gasteiger partial charge in [-0.3, -0.25) is 4.79 Å². The molecular weight excluding hydrogens is 240 g/mol. The predicted molar refractivity (Wildman–Crippen MR) is 73.1 cm³/mol. The number of hydrogen-bond donors (Lipinski definition) is 1. The molecule has 1 aliphatic rings. The van der Waals surface area contributed by atoms with Crippen molar-refractivity contribution in [2.24, 2.45) is 0 Å². The summed E-state index contributed by atoms with van der Waals surface area (Å²) in [6, 6.07) is 5.72. The number of pyridine rings is 2. The average molecular weight is 252 g/mol. The van der Waals surface area contributed by atoms with Crippen molar-refractivity contribution in [1.82, 2.24) is 4.98 Å². The highest BCUT2D eigenvalue weighted by molar-refractivity contribution is 6.05. The Morgan fingerprint density at radius 2 is 1.95 bits per heavy atom. The third kappa shape index (κ3) is 1.40. The highest BCUT2D eigenvalue weighted by Crippen LogP contribution is 2.29. The lowest BCUT2D eigenvalue weighted by Crippen LogP contribution is -2.23. The first-order chi connectivity index (χ1) is 9.24. The third-order valence-corrected chi connectivity index (χ3v) is 3.99. The van der Waals surface area contributed by atoms with Crippen LogP contribution in [0.25, 0.3) is 21.7 Å². The number of nitrogens with one attached hydrogen (secondary N) is 1. The summed E-state index contributed by atoms with van der Waals surface area (Å²) in [5.74, 6) is 0. The molecule has 0 unspecified atom stereocenters. The standard InChI is InChI=1S/C15H12N2O2/c18-15-13-3-1-2-11(13)12-5-4-9-8-17(19)7-6-10(9)14(12)16-15/h4-8H,1-3H2,(H,16,18). The number of benzene rings is 1. The quantitative estimate of drug-likeness (QED) is 0.377. The Balaban J connectivity index is 2.23. The van der Waals surface area contributed by atoms with Gasteiger partial charge in [0, 0.05) is 27.8 Å². The zero-order valence-electron chi connectivity index (χ0n) is 10.3. The van der Waals surface area contributed by atoms with Crippen LogP contribution in [0.2, 0.25) is 0 Å². The number of nitrogens with zero attached hydrogens (tertiary/aromatic N) is 1. The molecule has 1 N–H and O–H groups in total. The Morgan fingerprint density at radius 1 is 1.11 bits per heavy atom. The maximum Gasteiger partial charge on any atom is 0.251 e. The second kappa shape index (κ2) is 3.57. The molecule has 0 amide bonds. The molecule has 0 radical (unpaired) electrons. The zero-order chi connectivity index (χ0) is 13.0. The molecule has 1 aliphatic carbocycles. The van der Waals surface area contributed by atoms with E-state index >= 15 is 0 Å². The minimum absolute atomic E-state index is 0.0198. The van der Waals surface area contributed by atoms with Crippen molar-refractivity contribution in [3.8, 4) is 0 Å². The maximum atomic E-state index is 12.1. The largest absolute Gasteiger partial charge is 0.619 e. The zero-order valence-corrected chi connectivity index (χ0v) is 10.3. The molecule has 0 aliphatic heterocycles. The second-order valence-corrected chi connectivity index (χ2v) is 5.06. The van der Waals surface area contributed by atoms with Crippen LogP contribution in [0, 0.1) is 5.21 Å². The van der Waals surface area contributed by atoms with Gasteiger partial charge in [0.1, 0.15) is 0 Å². The molecule has 1 aromatic carbocycles. The topological polar surface area (TPSA) is 59.8 Å². The molecule has 2 heterocycles. The average Bonchev–Trinajstić information content (AvgIpc) is 2.88. The van der Waals surface area contributed by atoms with Crippen LogP contribution in [0.1, 0.15) is 17.5 Å².